The second-order valence-corrected chi connectivity index (χ2v) is 6.20. The Morgan fingerprint density at radius 2 is 2.10 bits per heavy atom. The van der Waals surface area contributed by atoms with Crippen molar-refractivity contribution in [2.75, 3.05) is 31.5 Å². The highest BCUT2D eigenvalue weighted by atomic mass is 16.2. The number of piperidine rings is 1. The smallest absolute Gasteiger partial charge is 0.238 e. The lowest BCUT2D eigenvalue weighted by Crippen LogP contribution is -2.45. The van der Waals surface area contributed by atoms with Crippen molar-refractivity contribution in [1.29, 1.82) is 0 Å². The van der Waals surface area contributed by atoms with Gasteiger partial charge in [0.25, 0.3) is 0 Å². The van der Waals surface area contributed by atoms with E-state index in [1.165, 1.54) is 25.7 Å². The van der Waals surface area contributed by atoms with E-state index >= 15 is 0 Å². The predicted octanol–water partition coefficient (Wildman–Crippen LogP) is 2.09. The van der Waals surface area contributed by atoms with Crippen molar-refractivity contribution < 1.29 is 4.79 Å². The van der Waals surface area contributed by atoms with Gasteiger partial charge in [0.2, 0.25) is 5.91 Å². The molecule has 3 rings (SSSR count). The first-order valence-corrected chi connectivity index (χ1v) is 8.12. The average Bonchev–Trinajstić information content (AvgIpc) is 2.97. The van der Waals surface area contributed by atoms with E-state index in [2.05, 4.69) is 15.5 Å². The Kier molecular flexibility index (Phi) is 4.88. The molecular formula is C17H25N3O. The molecule has 0 spiro atoms. The highest BCUT2D eigenvalue weighted by Crippen LogP contribution is 2.27. The van der Waals surface area contributed by atoms with Crippen molar-refractivity contribution >= 4 is 11.6 Å². The molecule has 0 bridgehead atoms. The number of hydrogen-bond acceptors (Lipinski definition) is 3. The van der Waals surface area contributed by atoms with Gasteiger partial charge >= 0.3 is 0 Å². The average molecular weight is 287 g/mol. The molecule has 2 atom stereocenters. The first-order valence-electron chi connectivity index (χ1n) is 8.12. The summed E-state index contributed by atoms with van der Waals surface area (Å²) in [7, 11) is 0. The molecule has 21 heavy (non-hydrogen) atoms. The molecule has 2 fully saturated rings. The fourth-order valence-corrected chi connectivity index (χ4v) is 3.70. The van der Waals surface area contributed by atoms with E-state index in [1.807, 2.05) is 30.3 Å². The van der Waals surface area contributed by atoms with Crippen LogP contribution in [-0.4, -0.2) is 43.0 Å². The number of carbonyl (C=O) groups is 1. The Balaban J connectivity index is 1.54. The molecule has 1 aromatic rings. The molecule has 4 heteroatoms. The number of hydrogen-bond donors (Lipinski definition) is 2. The molecule has 0 aromatic heterocycles. The van der Waals surface area contributed by atoms with Crippen LogP contribution in [0.3, 0.4) is 0 Å². The van der Waals surface area contributed by atoms with Crippen molar-refractivity contribution in [1.82, 2.24) is 10.2 Å². The quantitative estimate of drug-likeness (QED) is 0.891. The van der Waals surface area contributed by atoms with E-state index in [9.17, 15) is 4.79 Å². The Morgan fingerprint density at radius 3 is 2.86 bits per heavy atom. The number of nitrogens with zero attached hydrogens (tertiary/aromatic N) is 1. The molecular weight excluding hydrogens is 262 g/mol. The zero-order valence-electron chi connectivity index (χ0n) is 12.6. The summed E-state index contributed by atoms with van der Waals surface area (Å²) >= 11 is 0. The van der Waals surface area contributed by atoms with Crippen LogP contribution in [0.2, 0.25) is 0 Å². The summed E-state index contributed by atoms with van der Waals surface area (Å²) in [5.41, 5.74) is 0.887. The van der Waals surface area contributed by atoms with Crippen molar-refractivity contribution in [3.8, 4) is 0 Å². The number of carbonyl (C=O) groups excluding carboxylic acids is 1. The number of amides is 1. The molecule has 2 heterocycles. The van der Waals surface area contributed by atoms with Crippen LogP contribution in [0.15, 0.2) is 30.3 Å². The number of nitrogens with one attached hydrogen (secondary N) is 2. The molecule has 4 nitrogen and oxygen atoms in total. The zero-order valence-corrected chi connectivity index (χ0v) is 12.6. The third-order valence-corrected chi connectivity index (χ3v) is 4.70. The van der Waals surface area contributed by atoms with Crippen LogP contribution in [-0.2, 0) is 4.79 Å². The fourth-order valence-electron chi connectivity index (χ4n) is 3.70. The summed E-state index contributed by atoms with van der Waals surface area (Å²) in [6.07, 6.45) is 5.03. The molecule has 0 saturated carbocycles. The largest absolute Gasteiger partial charge is 0.325 e. The van der Waals surface area contributed by atoms with Crippen molar-refractivity contribution in [2.24, 2.45) is 5.92 Å². The second kappa shape index (κ2) is 7.05. The zero-order chi connectivity index (χ0) is 14.5. The van der Waals surface area contributed by atoms with Gasteiger partial charge in [-0.15, -0.1) is 0 Å². The summed E-state index contributed by atoms with van der Waals surface area (Å²) in [5, 5.41) is 6.49. The van der Waals surface area contributed by atoms with Crippen molar-refractivity contribution in [3.63, 3.8) is 0 Å². The molecule has 2 aliphatic heterocycles. The van der Waals surface area contributed by atoms with Gasteiger partial charge in [-0.3, -0.25) is 9.69 Å². The molecule has 0 aliphatic carbocycles. The standard InChI is InChI=1S/C17H25N3O/c21-17(19-15-7-2-1-3-8-15)13-20-11-5-9-16(20)14-6-4-10-18-12-14/h1-3,7-8,14,16,18H,4-6,9-13H2,(H,19,21). The summed E-state index contributed by atoms with van der Waals surface area (Å²) < 4.78 is 0. The van der Waals surface area contributed by atoms with E-state index < -0.39 is 0 Å². The van der Waals surface area contributed by atoms with Crippen LogP contribution >= 0.6 is 0 Å². The summed E-state index contributed by atoms with van der Waals surface area (Å²) in [6, 6.07) is 10.3. The van der Waals surface area contributed by atoms with Crippen LogP contribution in [0.25, 0.3) is 0 Å². The van der Waals surface area contributed by atoms with Gasteiger partial charge in [0.15, 0.2) is 0 Å². The Bertz CT molecular complexity index is 456. The van der Waals surface area contributed by atoms with Crippen molar-refractivity contribution in [3.05, 3.63) is 30.3 Å². The summed E-state index contributed by atoms with van der Waals surface area (Å²) in [6.45, 7) is 3.85. The number of rotatable bonds is 4. The van der Waals surface area contributed by atoms with E-state index in [4.69, 9.17) is 0 Å². The van der Waals surface area contributed by atoms with Gasteiger partial charge in [-0.05, 0) is 63.4 Å². The summed E-state index contributed by atoms with van der Waals surface area (Å²) in [4.78, 5) is 14.6. The maximum Gasteiger partial charge on any atom is 0.238 e. The van der Waals surface area contributed by atoms with Gasteiger partial charge in [0, 0.05) is 11.7 Å². The van der Waals surface area contributed by atoms with E-state index in [1.54, 1.807) is 0 Å². The highest BCUT2D eigenvalue weighted by Gasteiger charge is 2.33. The number of likely N-dealkylation sites (tertiary alicyclic amines) is 1. The van der Waals surface area contributed by atoms with Gasteiger partial charge < -0.3 is 10.6 Å². The number of anilines is 1. The van der Waals surface area contributed by atoms with E-state index in [-0.39, 0.29) is 5.91 Å². The Labute approximate surface area is 126 Å². The van der Waals surface area contributed by atoms with Gasteiger partial charge in [-0.1, -0.05) is 18.2 Å². The normalized spacial score (nSPS) is 26.7. The lowest BCUT2D eigenvalue weighted by atomic mass is 9.90. The lowest BCUT2D eigenvalue weighted by molar-refractivity contribution is -0.117. The highest BCUT2D eigenvalue weighted by molar-refractivity contribution is 5.92. The molecule has 1 amide bonds. The van der Waals surface area contributed by atoms with Crippen LogP contribution < -0.4 is 10.6 Å². The summed E-state index contributed by atoms with van der Waals surface area (Å²) in [5.74, 6) is 0.822. The topological polar surface area (TPSA) is 44.4 Å². The van der Waals surface area contributed by atoms with Gasteiger partial charge in [-0.25, -0.2) is 0 Å². The minimum absolute atomic E-state index is 0.108. The van der Waals surface area contributed by atoms with Crippen molar-refractivity contribution in [2.45, 2.75) is 31.7 Å². The molecule has 114 valence electrons. The lowest BCUT2D eigenvalue weighted by Gasteiger charge is -2.34. The first kappa shape index (κ1) is 14.5. The molecule has 2 saturated heterocycles. The third kappa shape index (κ3) is 3.83. The van der Waals surface area contributed by atoms with E-state index in [0.717, 1.165) is 25.3 Å². The van der Waals surface area contributed by atoms with Gasteiger partial charge in [0.1, 0.15) is 0 Å². The maximum atomic E-state index is 12.2. The van der Waals surface area contributed by atoms with Crippen LogP contribution in [0.5, 0.6) is 0 Å². The molecule has 2 unspecified atom stereocenters. The fraction of sp³-hybridized carbons (Fsp3) is 0.588. The molecule has 1 aromatic carbocycles. The number of benzene rings is 1. The van der Waals surface area contributed by atoms with Gasteiger partial charge in [-0.2, -0.15) is 0 Å². The molecule has 0 radical (unpaired) electrons. The van der Waals surface area contributed by atoms with Gasteiger partial charge in [0.05, 0.1) is 6.54 Å². The monoisotopic (exact) mass is 287 g/mol. The minimum Gasteiger partial charge on any atom is -0.325 e. The minimum atomic E-state index is 0.108. The second-order valence-electron chi connectivity index (χ2n) is 6.20. The SMILES string of the molecule is O=C(CN1CCCC1C1CCCNC1)Nc1ccccc1. The third-order valence-electron chi connectivity index (χ3n) is 4.70. The van der Waals surface area contributed by atoms with Crippen LogP contribution in [0, 0.1) is 5.92 Å². The molecule has 2 aliphatic rings. The molecule has 2 N–H and O–H groups in total. The van der Waals surface area contributed by atoms with Crippen LogP contribution in [0.1, 0.15) is 25.7 Å². The first-order chi connectivity index (χ1) is 10.3. The number of para-hydroxylation sites is 1. The Hall–Kier alpha value is -1.39. The predicted molar refractivity (Wildman–Crippen MR) is 85.3 cm³/mol. The Morgan fingerprint density at radius 1 is 1.24 bits per heavy atom. The van der Waals surface area contributed by atoms with Crippen LogP contribution in [0.4, 0.5) is 5.69 Å². The maximum absolute atomic E-state index is 12.2. The van der Waals surface area contributed by atoms with E-state index in [0.29, 0.717) is 18.5 Å².